The number of anilines is 2. The molecule has 7 nitrogen and oxygen atoms in total. The highest BCUT2D eigenvalue weighted by Crippen LogP contribution is 2.29. The minimum Gasteiger partial charge on any atom is -0.493 e. The van der Waals surface area contributed by atoms with E-state index >= 15 is 0 Å². The average Bonchev–Trinajstić information content (AvgIpc) is 2.77. The number of ether oxygens (including phenoxy) is 2. The molecule has 2 aromatic carbocycles. The molecule has 0 saturated heterocycles. The van der Waals surface area contributed by atoms with Crippen LogP contribution in [0.5, 0.6) is 11.5 Å². The molecule has 2 rings (SSSR count). The number of hydrogen-bond acceptors (Lipinski definition) is 4. The van der Waals surface area contributed by atoms with Crippen LogP contribution in [0.3, 0.4) is 0 Å². The number of nitrogens with one attached hydrogen (secondary N) is 3. The van der Waals surface area contributed by atoms with E-state index in [1.165, 1.54) is 0 Å². The quantitative estimate of drug-likeness (QED) is 0.240. The molecule has 1 unspecified atom stereocenters. The van der Waals surface area contributed by atoms with Crippen LogP contribution in [0.2, 0.25) is 0 Å². The SMILES string of the molecule is CCNC(=NCc1cccc(NC(=O)C(C)CC)c1)Nc1ccc(OC)c(OC)c1.I. The Kier molecular flexibility index (Phi) is 11.8. The van der Waals surface area contributed by atoms with Crippen molar-refractivity contribution in [1.29, 1.82) is 0 Å². The number of methoxy groups -OCH3 is 2. The summed E-state index contributed by atoms with van der Waals surface area (Å²) in [5.74, 6) is 1.97. The molecular formula is C23H33IN4O3. The first-order valence-electron chi connectivity index (χ1n) is 10.2. The lowest BCUT2D eigenvalue weighted by Gasteiger charge is -2.14. The standard InChI is InChI=1S/C23H32N4O3.HI/c1-6-16(3)22(28)26-18-10-8-9-17(13-18)15-25-23(24-7-2)27-19-11-12-20(29-4)21(14-19)30-5;/h8-14,16H,6-7,15H2,1-5H3,(H,26,28)(H2,24,25,27);1H. The Balaban J connectivity index is 0.00000480. The van der Waals surface area contributed by atoms with Crippen LogP contribution in [-0.4, -0.2) is 32.6 Å². The maximum atomic E-state index is 12.1. The molecular weight excluding hydrogens is 507 g/mol. The van der Waals surface area contributed by atoms with Crippen LogP contribution in [0, 0.1) is 5.92 Å². The number of rotatable bonds is 9. The Hall–Kier alpha value is -2.49. The van der Waals surface area contributed by atoms with E-state index in [1.807, 2.05) is 63.2 Å². The Morgan fingerprint density at radius 3 is 2.35 bits per heavy atom. The van der Waals surface area contributed by atoms with Crippen molar-refractivity contribution in [2.75, 3.05) is 31.4 Å². The fraction of sp³-hybridized carbons (Fsp3) is 0.391. The molecule has 0 aliphatic carbocycles. The van der Waals surface area contributed by atoms with Crippen molar-refractivity contribution in [3.63, 3.8) is 0 Å². The highest BCUT2D eigenvalue weighted by molar-refractivity contribution is 14.0. The Bertz CT molecular complexity index is 874. The van der Waals surface area contributed by atoms with E-state index in [4.69, 9.17) is 9.47 Å². The van der Waals surface area contributed by atoms with Crippen molar-refractivity contribution in [2.45, 2.75) is 33.7 Å². The predicted octanol–water partition coefficient (Wildman–Crippen LogP) is 4.88. The predicted molar refractivity (Wildman–Crippen MR) is 138 cm³/mol. The van der Waals surface area contributed by atoms with E-state index in [1.54, 1.807) is 14.2 Å². The summed E-state index contributed by atoms with van der Waals surface area (Å²) >= 11 is 0. The fourth-order valence-corrected chi connectivity index (χ4v) is 2.73. The Morgan fingerprint density at radius 1 is 1.00 bits per heavy atom. The van der Waals surface area contributed by atoms with Gasteiger partial charge in [0.1, 0.15) is 0 Å². The topological polar surface area (TPSA) is 84.0 Å². The van der Waals surface area contributed by atoms with Crippen LogP contribution in [0.15, 0.2) is 47.5 Å². The third-order valence-electron chi connectivity index (χ3n) is 4.66. The van der Waals surface area contributed by atoms with Crippen molar-refractivity contribution in [2.24, 2.45) is 10.9 Å². The van der Waals surface area contributed by atoms with Gasteiger partial charge in [0.15, 0.2) is 17.5 Å². The van der Waals surface area contributed by atoms with E-state index in [0.29, 0.717) is 24.0 Å². The van der Waals surface area contributed by atoms with Crippen LogP contribution in [0.4, 0.5) is 11.4 Å². The van der Waals surface area contributed by atoms with Gasteiger partial charge in [-0.05, 0) is 43.2 Å². The number of aliphatic imine (C=N–C) groups is 1. The molecule has 0 aromatic heterocycles. The lowest BCUT2D eigenvalue weighted by Crippen LogP contribution is -2.30. The van der Waals surface area contributed by atoms with Crippen molar-refractivity contribution in [3.05, 3.63) is 48.0 Å². The van der Waals surface area contributed by atoms with Crippen LogP contribution in [-0.2, 0) is 11.3 Å². The summed E-state index contributed by atoms with van der Waals surface area (Å²) in [7, 11) is 3.21. The first kappa shape index (κ1) is 26.5. The smallest absolute Gasteiger partial charge is 0.227 e. The number of guanidine groups is 1. The molecule has 8 heteroatoms. The number of hydrogen-bond donors (Lipinski definition) is 3. The van der Waals surface area contributed by atoms with Gasteiger partial charge in [0.05, 0.1) is 20.8 Å². The van der Waals surface area contributed by atoms with E-state index in [-0.39, 0.29) is 35.8 Å². The van der Waals surface area contributed by atoms with Crippen LogP contribution in [0.1, 0.15) is 32.8 Å². The monoisotopic (exact) mass is 540 g/mol. The molecule has 0 radical (unpaired) electrons. The van der Waals surface area contributed by atoms with Gasteiger partial charge in [-0.1, -0.05) is 26.0 Å². The number of carbonyl (C=O) groups excluding carboxylic acids is 1. The van der Waals surface area contributed by atoms with Gasteiger partial charge < -0.3 is 25.4 Å². The second-order valence-electron chi connectivity index (χ2n) is 6.89. The minimum absolute atomic E-state index is 0. The summed E-state index contributed by atoms with van der Waals surface area (Å²) in [5.41, 5.74) is 2.62. The van der Waals surface area contributed by atoms with Gasteiger partial charge in [0.2, 0.25) is 5.91 Å². The Labute approximate surface area is 202 Å². The van der Waals surface area contributed by atoms with E-state index in [2.05, 4.69) is 20.9 Å². The summed E-state index contributed by atoms with van der Waals surface area (Å²) in [6.07, 6.45) is 0.809. The zero-order chi connectivity index (χ0) is 21.9. The summed E-state index contributed by atoms with van der Waals surface area (Å²) < 4.78 is 10.6. The normalized spacial score (nSPS) is 11.7. The lowest BCUT2D eigenvalue weighted by molar-refractivity contribution is -0.119. The van der Waals surface area contributed by atoms with E-state index < -0.39 is 0 Å². The van der Waals surface area contributed by atoms with Gasteiger partial charge in [-0.25, -0.2) is 4.99 Å². The molecule has 0 fully saturated rings. The molecule has 0 saturated carbocycles. The van der Waals surface area contributed by atoms with Crippen molar-refractivity contribution < 1.29 is 14.3 Å². The molecule has 0 spiro atoms. The molecule has 0 heterocycles. The van der Waals surface area contributed by atoms with Gasteiger partial charge in [-0.3, -0.25) is 4.79 Å². The molecule has 2 aromatic rings. The molecule has 1 amide bonds. The zero-order valence-corrected chi connectivity index (χ0v) is 21.2. The largest absolute Gasteiger partial charge is 0.493 e. The number of benzene rings is 2. The van der Waals surface area contributed by atoms with Gasteiger partial charge in [0, 0.05) is 29.9 Å². The number of nitrogens with zero attached hydrogens (tertiary/aromatic N) is 1. The van der Waals surface area contributed by atoms with Crippen molar-refractivity contribution in [3.8, 4) is 11.5 Å². The maximum Gasteiger partial charge on any atom is 0.227 e. The molecule has 170 valence electrons. The highest BCUT2D eigenvalue weighted by Gasteiger charge is 2.11. The number of amides is 1. The van der Waals surface area contributed by atoms with E-state index in [9.17, 15) is 4.79 Å². The summed E-state index contributed by atoms with van der Waals surface area (Å²) in [5, 5.41) is 9.48. The molecule has 0 aliphatic heterocycles. The summed E-state index contributed by atoms with van der Waals surface area (Å²) in [6, 6.07) is 13.3. The molecule has 0 bridgehead atoms. The van der Waals surface area contributed by atoms with Crippen LogP contribution >= 0.6 is 24.0 Å². The first-order valence-corrected chi connectivity index (χ1v) is 10.2. The number of halogens is 1. The zero-order valence-electron chi connectivity index (χ0n) is 18.8. The second-order valence-corrected chi connectivity index (χ2v) is 6.89. The van der Waals surface area contributed by atoms with Gasteiger partial charge in [-0.2, -0.15) is 0 Å². The van der Waals surface area contributed by atoms with Gasteiger partial charge in [-0.15, -0.1) is 24.0 Å². The lowest BCUT2D eigenvalue weighted by atomic mass is 10.1. The third-order valence-corrected chi connectivity index (χ3v) is 4.66. The summed E-state index contributed by atoms with van der Waals surface area (Å²) in [6.45, 7) is 7.13. The average molecular weight is 540 g/mol. The number of carbonyl (C=O) groups is 1. The van der Waals surface area contributed by atoms with Crippen LogP contribution < -0.4 is 25.4 Å². The van der Waals surface area contributed by atoms with Crippen molar-refractivity contribution >= 4 is 47.2 Å². The summed E-state index contributed by atoms with van der Waals surface area (Å²) in [4.78, 5) is 16.8. The van der Waals surface area contributed by atoms with E-state index in [0.717, 1.165) is 29.9 Å². The van der Waals surface area contributed by atoms with Gasteiger partial charge in [0.25, 0.3) is 0 Å². The fourth-order valence-electron chi connectivity index (χ4n) is 2.73. The maximum absolute atomic E-state index is 12.1. The third kappa shape index (κ3) is 8.28. The molecule has 1 atom stereocenters. The van der Waals surface area contributed by atoms with Crippen LogP contribution in [0.25, 0.3) is 0 Å². The molecule has 31 heavy (non-hydrogen) atoms. The molecule has 3 N–H and O–H groups in total. The molecule has 0 aliphatic rings. The first-order chi connectivity index (χ1) is 14.5. The minimum atomic E-state index is -0.0160. The Morgan fingerprint density at radius 2 is 1.71 bits per heavy atom. The van der Waals surface area contributed by atoms with Crippen molar-refractivity contribution in [1.82, 2.24) is 5.32 Å². The highest BCUT2D eigenvalue weighted by atomic mass is 127. The second kappa shape index (κ2) is 13.7. The van der Waals surface area contributed by atoms with Gasteiger partial charge >= 0.3 is 0 Å².